The number of benzene rings is 1. The van der Waals surface area contributed by atoms with Crippen LogP contribution in [0.4, 0.5) is 18.9 Å². The van der Waals surface area contributed by atoms with Gasteiger partial charge in [-0.05, 0) is 12.1 Å². The lowest BCUT2D eigenvalue weighted by Gasteiger charge is -2.08. The molecule has 8 heteroatoms. The molecule has 84 valence electrons. The molecule has 0 amide bonds. The number of halogens is 3. The highest BCUT2D eigenvalue weighted by Gasteiger charge is 2.24. The van der Waals surface area contributed by atoms with Crippen LogP contribution >= 0.6 is 0 Å². The molecule has 4 nitrogen and oxygen atoms in total. The minimum Gasteiger partial charge on any atom is -0.506 e. The molecular formula is C7H6F3NO3S. The van der Waals surface area contributed by atoms with Gasteiger partial charge in [0.1, 0.15) is 11.6 Å². The lowest BCUT2D eigenvalue weighted by molar-refractivity contribution is 0.236. The Bertz CT molecular complexity index is 461. The molecule has 0 spiro atoms. The van der Waals surface area contributed by atoms with Crippen LogP contribution < -0.4 is 4.72 Å². The summed E-state index contributed by atoms with van der Waals surface area (Å²) in [6, 6.07) is 2.26. The van der Waals surface area contributed by atoms with Crippen molar-refractivity contribution in [2.75, 3.05) is 4.72 Å². The smallest absolute Gasteiger partial charge is 0.355 e. The Hall–Kier alpha value is -1.44. The van der Waals surface area contributed by atoms with Gasteiger partial charge in [-0.15, -0.1) is 0 Å². The second-order valence-electron chi connectivity index (χ2n) is 2.57. The van der Waals surface area contributed by atoms with E-state index >= 15 is 0 Å². The summed E-state index contributed by atoms with van der Waals surface area (Å²) in [4.78, 5) is 0. The molecular weight excluding hydrogens is 235 g/mol. The van der Waals surface area contributed by atoms with Crippen LogP contribution in [0.15, 0.2) is 18.2 Å². The molecule has 0 radical (unpaired) electrons. The van der Waals surface area contributed by atoms with Gasteiger partial charge in [0.25, 0.3) is 10.0 Å². The normalized spacial score (nSPS) is 11.7. The van der Waals surface area contributed by atoms with Gasteiger partial charge in [-0.1, -0.05) is 0 Å². The Morgan fingerprint density at radius 2 is 1.93 bits per heavy atom. The Kier molecular flexibility index (Phi) is 3.08. The van der Waals surface area contributed by atoms with Crippen LogP contribution in [0.3, 0.4) is 0 Å². The maximum Gasteiger partial charge on any atom is 0.355 e. The van der Waals surface area contributed by atoms with E-state index in [2.05, 4.69) is 0 Å². The third kappa shape index (κ3) is 2.75. The maximum absolute atomic E-state index is 12.5. The molecule has 0 saturated heterocycles. The van der Waals surface area contributed by atoms with Crippen LogP contribution in [-0.4, -0.2) is 19.3 Å². The van der Waals surface area contributed by atoms with E-state index < -0.39 is 33.0 Å². The van der Waals surface area contributed by atoms with Crippen molar-refractivity contribution in [2.45, 2.75) is 5.76 Å². The Balaban J connectivity index is 3.01. The highest BCUT2D eigenvalue weighted by Crippen LogP contribution is 2.25. The van der Waals surface area contributed by atoms with Gasteiger partial charge in [-0.3, -0.25) is 4.72 Å². The first kappa shape index (κ1) is 11.6. The number of rotatable bonds is 3. The van der Waals surface area contributed by atoms with Gasteiger partial charge in [-0.2, -0.15) is 8.78 Å². The summed E-state index contributed by atoms with van der Waals surface area (Å²) in [5.74, 6) is -5.20. The summed E-state index contributed by atoms with van der Waals surface area (Å²) in [5.41, 5.74) is -0.503. The van der Waals surface area contributed by atoms with Crippen molar-refractivity contribution in [1.29, 1.82) is 0 Å². The second-order valence-corrected chi connectivity index (χ2v) is 4.22. The zero-order valence-electron chi connectivity index (χ0n) is 7.12. The predicted octanol–water partition coefficient (Wildman–Crippen LogP) is 1.50. The van der Waals surface area contributed by atoms with E-state index in [0.717, 1.165) is 12.1 Å². The van der Waals surface area contributed by atoms with Crippen LogP contribution in [0.1, 0.15) is 0 Å². The van der Waals surface area contributed by atoms with E-state index in [1.807, 2.05) is 0 Å². The number of nitrogens with one attached hydrogen (secondary N) is 1. The summed E-state index contributed by atoms with van der Waals surface area (Å²) in [7, 11) is -4.85. The Labute approximate surface area is 83.4 Å². The fourth-order valence-corrected chi connectivity index (χ4v) is 1.36. The second kappa shape index (κ2) is 3.97. The number of phenols is 1. The lowest BCUT2D eigenvalue weighted by Crippen LogP contribution is -2.20. The predicted molar refractivity (Wildman–Crippen MR) is 46.6 cm³/mol. The van der Waals surface area contributed by atoms with Crippen molar-refractivity contribution in [1.82, 2.24) is 0 Å². The average molecular weight is 241 g/mol. The monoisotopic (exact) mass is 241 g/mol. The molecule has 0 unspecified atom stereocenters. The first-order chi connectivity index (χ1) is 6.83. The molecule has 1 aromatic carbocycles. The first-order valence-corrected chi connectivity index (χ1v) is 5.16. The van der Waals surface area contributed by atoms with Gasteiger partial charge in [0.15, 0.2) is 0 Å². The van der Waals surface area contributed by atoms with Crippen molar-refractivity contribution in [3.05, 3.63) is 24.0 Å². The third-order valence-corrected chi connectivity index (χ3v) is 2.42. The molecule has 0 aliphatic carbocycles. The minimum absolute atomic E-state index is 0.503. The zero-order valence-corrected chi connectivity index (χ0v) is 7.93. The number of anilines is 1. The molecule has 1 aromatic rings. The molecule has 1 rings (SSSR count). The molecule has 0 heterocycles. The fourth-order valence-electron chi connectivity index (χ4n) is 0.789. The molecule has 0 aliphatic rings. The van der Waals surface area contributed by atoms with Crippen molar-refractivity contribution in [3.8, 4) is 5.75 Å². The van der Waals surface area contributed by atoms with Gasteiger partial charge in [0, 0.05) is 6.07 Å². The van der Waals surface area contributed by atoms with Gasteiger partial charge in [-0.25, -0.2) is 12.8 Å². The summed E-state index contributed by atoms with van der Waals surface area (Å²) in [5, 5.41) is 9.02. The summed E-state index contributed by atoms with van der Waals surface area (Å²) in [6.07, 6.45) is 0. The molecule has 2 N–H and O–H groups in total. The molecule has 0 atom stereocenters. The van der Waals surface area contributed by atoms with Crippen molar-refractivity contribution in [2.24, 2.45) is 0 Å². The molecule has 0 fully saturated rings. The van der Waals surface area contributed by atoms with E-state index in [4.69, 9.17) is 5.11 Å². The van der Waals surface area contributed by atoms with Crippen molar-refractivity contribution < 1.29 is 26.7 Å². The molecule has 0 bridgehead atoms. The number of phenolic OH excluding ortho intramolecular Hbond substituents is 1. The van der Waals surface area contributed by atoms with E-state index in [1.165, 1.54) is 4.72 Å². The Morgan fingerprint density at radius 3 is 2.40 bits per heavy atom. The third-order valence-electron chi connectivity index (χ3n) is 1.45. The van der Waals surface area contributed by atoms with E-state index in [-0.39, 0.29) is 0 Å². The van der Waals surface area contributed by atoms with Crippen LogP contribution in [0.25, 0.3) is 0 Å². The van der Waals surface area contributed by atoms with Crippen LogP contribution in [0.5, 0.6) is 5.75 Å². The van der Waals surface area contributed by atoms with Gasteiger partial charge >= 0.3 is 5.76 Å². The van der Waals surface area contributed by atoms with Gasteiger partial charge in [0.05, 0.1) is 5.69 Å². The number of sulfonamides is 1. The zero-order chi connectivity index (χ0) is 11.6. The number of hydrogen-bond acceptors (Lipinski definition) is 3. The SMILES string of the molecule is O=S(=O)(Nc1ccc(F)cc1O)C(F)F. The van der Waals surface area contributed by atoms with E-state index in [0.29, 0.717) is 6.07 Å². The van der Waals surface area contributed by atoms with Crippen molar-refractivity contribution >= 4 is 15.7 Å². The molecule has 0 saturated carbocycles. The quantitative estimate of drug-likeness (QED) is 0.788. The van der Waals surface area contributed by atoms with Crippen LogP contribution in [0, 0.1) is 5.82 Å². The fraction of sp³-hybridized carbons (Fsp3) is 0.143. The standard InChI is InChI=1S/C7H6F3NO3S/c8-4-1-2-5(6(12)3-4)11-15(13,14)7(9)10/h1-3,7,11-12H. The first-order valence-electron chi connectivity index (χ1n) is 3.61. The average Bonchev–Trinajstić information content (AvgIpc) is 2.09. The number of aromatic hydroxyl groups is 1. The topological polar surface area (TPSA) is 66.4 Å². The summed E-state index contributed by atoms with van der Waals surface area (Å²) in [6.45, 7) is 0. The van der Waals surface area contributed by atoms with E-state index in [9.17, 15) is 21.6 Å². The largest absolute Gasteiger partial charge is 0.506 e. The minimum atomic E-state index is -4.85. The van der Waals surface area contributed by atoms with Gasteiger partial charge in [0.2, 0.25) is 0 Å². The van der Waals surface area contributed by atoms with Crippen LogP contribution in [-0.2, 0) is 10.0 Å². The highest BCUT2D eigenvalue weighted by molar-refractivity contribution is 7.93. The number of alkyl halides is 2. The maximum atomic E-state index is 12.5. The molecule has 0 aliphatic heterocycles. The van der Waals surface area contributed by atoms with Crippen LogP contribution in [0.2, 0.25) is 0 Å². The van der Waals surface area contributed by atoms with Gasteiger partial charge < -0.3 is 5.11 Å². The molecule has 15 heavy (non-hydrogen) atoms. The highest BCUT2D eigenvalue weighted by atomic mass is 32.2. The summed E-state index contributed by atoms with van der Waals surface area (Å²) >= 11 is 0. The number of hydrogen-bond donors (Lipinski definition) is 2. The lowest BCUT2D eigenvalue weighted by atomic mass is 10.3. The Morgan fingerprint density at radius 1 is 1.33 bits per heavy atom. The van der Waals surface area contributed by atoms with E-state index in [1.54, 1.807) is 0 Å². The summed E-state index contributed by atoms with van der Waals surface area (Å²) < 4.78 is 59.0. The van der Waals surface area contributed by atoms with Crippen molar-refractivity contribution in [3.63, 3.8) is 0 Å². The molecule has 0 aromatic heterocycles.